The molecule has 1 aliphatic carbocycles. The number of nitrogens with zero attached hydrogens (tertiary/aromatic N) is 4. The molecule has 0 unspecified atom stereocenters. The van der Waals surface area contributed by atoms with E-state index in [1.54, 1.807) is 6.21 Å². The van der Waals surface area contributed by atoms with E-state index in [-0.39, 0.29) is 0 Å². The predicted molar refractivity (Wildman–Crippen MR) is 127 cm³/mol. The maximum absolute atomic E-state index is 6.19. The summed E-state index contributed by atoms with van der Waals surface area (Å²) in [5, 5.41) is 6.38. The largest absolute Gasteiger partial charge is 0.489 e. The van der Waals surface area contributed by atoms with Gasteiger partial charge in [0, 0.05) is 18.5 Å². The summed E-state index contributed by atoms with van der Waals surface area (Å²) in [6.07, 6.45) is 12.0. The van der Waals surface area contributed by atoms with Crippen LogP contribution in [0.15, 0.2) is 33.9 Å². The molecule has 0 saturated heterocycles. The van der Waals surface area contributed by atoms with Gasteiger partial charge in [-0.15, -0.1) is 0 Å². The Hall–Kier alpha value is -2.87. The zero-order valence-corrected chi connectivity index (χ0v) is 18.7. The number of ether oxygens (including phenoxy) is 1. The van der Waals surface area contributed by atoms with E-state index in [0.717, 1.165) is 59.9 Å². The van der Waals surface area contributed by atoms with Crippen molar-refractivity contribution in [2.24, 2.45) is 9.98 Å². The standard InChI is InChI=1S/C23H35N7O/c1-4-8-18(25-3)13-14-26-16-27-15-21-23(29-30(21)24)20-11-12-22(17(2)28-20)31-19-9-6-5-7-10-19/h11-14,19,27,29H,3-10,15-16,24H2,1-2H3/b18-13-,26-14-. The first-order valence-corrected chi connectivity index (χ1v) is 11.2. The van der Waals surface area contributed by atoms with Crippen LogP contribution in [0.3, 0.4) is 0 Å². The Morgan fingerprint density at radius 2 is 2.19 bits per heavy atom. The molecule has 1 saturated carbocycles. The van der Waals surface area contributed by atoms with Crippen LogP contribution in [0.5, 0.6) is 5.75 Å². The van der Waals surface area contributed by atoms with Crippen molar-refractivity contribution in [1.29, 1.82) is 0 Å². The monoisotopic (exact) mass is 425 g/mol. The number of aromatic nitrogens is 3. The maximum Gasteiger partial charge on any atom is 0.140 e. The van der Waals surface area contributed by atoms with Crippen LogP contribution in [0.25, 0.3) is 11.4 Å². The first-order valence-electron chi connectivity index (χ1n) is 11.2. The molecule has 0 amide bonds. The number of nitrogens with two attached hydrogens (primary N) is 1. The van der Waals surface area contributed by atoms with E-state index >= 15 is 0 Å². The lowest BCUT2D eigenvalue weighted by Crippen LogP contribution is -2.30. The van der Waals surface area contributed by atoms with E-state index in [2.05, 4.69) is 34.0 Å². The molecule has 2 aromatic rings. The lowest BCUT2D eigenvalue weighted by molar-refractivity contribution is 0.153. The van der Waals surface area contributed by atoms with Gasteiger partial charge < -0.3 is 10.6 Å². The fraction of sp³-hybridized carbons (Fsp3) is 0.522. The first-order chi connectivity index (χ1) is 15.1. The van der Waals surface area contributed by atoms with Crippen LogP contribution in [0, 0.1) is 6.92 Å². The molecule has 2 heterocycles. The van der Waals surface area contributed by atoms with E-state index in [1.165, 1.54) is 24.1 Å². The second-order valence-electron chi connectivity index (χ2n) is 7.94. The molecular weight excluding hydrogens is 390 g/mol. The molecule has 0 radical (unpaired) electrons. The Morgan fingerprint density at radius 1 is 1.39 bits per heavy atom. The number of hydrogen-bond acceptors (Lipinski definition) is 6. The summed E-state index contributed by atoms with van der Waals surface area (Å²) in [7, 11) is 0. The van der Waals surface area contributed by atoms with E-state index in [4.69, 9.17) is 15.6 Å². The lowest BCUT2D eigenvalue weighted by atomic mass is 9.98. The number of rotatable bonds is 11. The highest BCUT2D eigenvalue weighted by Gasteiger charge is 2.19. The quantitative estimate of drug-likeness (QED) is 0.286. The Morgan fingerprint density at radius 3 is 2.87 bits per heavy atom. The van der Waals surface area contributed by atoms with Gasteiger partial charge in [0.2, 0.25) is 0 Å². The van der Waals surface area contributed by atoms with Gasteiger partial charge in [0.15, 0.2) is 0 Å². The van der Waals surface area contributed by atoms with Crippen LogP contribution in [-0.2, 0) is 6.54 Å². The molecule has 8 heteroatoms. The zero-order valence-electron chi connectivity index (χ0n) is 18.7. The van der Waals surface area contributed by atoms with Crippen LogP contribution in [0.2, 0.25) is 0 Å². The van der Waals surface area contributed by atoms with Gasteiger partial charge in [-0.05, 0) is 64.0 Å². The SMILES string of the molecule is C=N/C(=C\C=N/CNCc1c(-c2ccc(OC3CCCCC3)c(C)n2)[nH]n1N)CCC. The minimum atomic E-state index is 0.316. The Labute approximate surface area is 184 Å². The predicted octanol–water partition coefficient (Wildman–Crippen LogP) is 4.11. The molecule has 3 rings (SSSR count). The fourth-order valence-electron chi connectivity index (χ4n) is 3.77. The van der Waals surface area contributed by atoms with Crippen LogP contribution in [0.1, 0.15) is 63.3 Å². The number of pyridine rings is 1. The maximum atomic E-state index is 6.19. The van der Waals surface area contributed by atoms with Gasteiger partial charge in [-0.1, -0.05) is 19.8 Å². The van der Waals surface area contributed by atoms with E-state index in [1.807, 2.05) is 25.1 Å². The summed E-state index contributed by atoms with van der Waals surface area (Å²) in [6, 6.07) is 4.00. The van der Waals surface area contributed by atoms with Gasteiger partial charge in [0.25, 0.3) is 0 Å². The van der Waals surface area contributed by atoms with Crippen molar-refractivity contribution < 1.29 is 4.74 Å². The number of nitrogens with one attached hydrogen (secondary N) is 2. The minimum absolute atomic E-state index is 0.316. The highest BCUT2D eigenvalue weighted by molar-refractivity contribution is 5.72. The third-order valence-electron chi connectivity index (χ3n) is 5.53. The number of allylic oxidation sites excluding steroid dienone is 2. The Bertz CT molecular complexity index is 903. The average Bonchev–Trinajstić information content (AvgIpc) is 2.78. The summed E-state index contributed by atoms with van der Waals surface area (Å²) in [4.78, 5) is 14.6. The summed E-state index contributed by atoms with van der Waals surface area (Å²) in [6.45, 7) is 8.76. The molecule has 168 valence electrons. The van der Waals surface area contributed by atoms with Crippen molar-refractivity contribution in [1.82, 2.24) is 20.2 Å². The van der Waals surface area contributed by atoms with Crippen molar-refractivity contribution in [3.05, 3.63) is 35.3 Å². The van der Waals surface area contributed by atoms with Crippen molar-refractivity contribution in [3.8, 4) is 17.1 Å². The molecule has 0 spiro atoms. The summed E-state index contributed by atoms with van der Waals surface area (Å²) in [5.41, 5.74) is 4.57. The third kappa shape index (κ3) is 6.30. The number of H-pyrrole nitrogens is 1. The molecular formula is C23H35N7O. The number of aliphatic imine (C=N–C) groups is 2. The third-order valence-corrected chi connectivity index (χ3v) is 5.53. The normalized spacial score (nSPS) is 15.6. The van der Waals surface area contributed by atoms with Crippen molar-refractivity contribution in [2.75, 3.05) is 12.5 Å². The number of aromatic amines is 1. The zero-order chi connectivity index (χ0) is 22.1. The second-order valence-corrected chi connectivity index (χ2v) is 7.94. The first kappa shape index (κ1) is 22.8. The van der Waals surface area contributed by atoms with Crippen molar-refractivity contribution in [3.63, 3.8) is 0 Å². The fourth-order valence-corrected chi connectivity index (χ4v) is 3.77. The molecule has 31 heavy (non-hydrogen) atoms. The molecule has 0 bridgehead atoms. The number of aryl methyl sites for hydroxylation is 1. The lowest BCUT2D eigenvalue weighted by Gasteiger charge is -2.24. The Balaban J connectivity index is 1.55. The van der Waals surface area contributed by atoms with Gasteiger partial charge >= 0.3 is 0 Å². The van der Waals surface area contributed by atoms with Gasteiger partial charge in [-0.3, -0.25) is 20.4 Å². The second kappa shape index (κ2) is 11.5. The number of nitrogen functional groups attached to an aromatic ring is 1. The van der Waals surface area contributed by atoms with Gasteiger partial charge in [-0.2, -0.15) is 0 Å². The number of hydrogen-bond donors (Lipinski definition) is 3. The molecule has 1 fully saturated rings. The van der Waals surface area contributed by atoms with Crippen LogP contribution >= 0.6 is 0 Å². The molecule has 0 aromatic carbocycles. The van der Waals surface area contributed by atoms with Crippen molar-refractivity contribution >= 4 is 12.9 Å². The van der Waals surface area contributed by atoms with Crippen LogP contribution in [-0.4, -0.2) is 40.6 Å². The summed E-state index contributed by atoms with van der Waals surface area (Å²) in [5.74, 6) is 6.85. The van der Waals surface area contributed by atoms with Crippen LogP contribution in [0.4, 0.5) is 0 Å². The summed E-state index contributed by atoms with van der Waals surface area (Å²) < 4.78 is 6.19. The minimum Gasteiger partial charge on any atom is -0.489 e. The van der Waals surface area contributed by atoms with E-state index < -0.39 is 0 Å². The molecule has 0 aliphatic heterocycles. The molecule has 8 nitrogen and oxygen atoms in total. The van der Waals surface area contributed by atoms with Gasteiger partial charge in [-0.25, -0.2) is 9.77 Å². The Kier molecular flexibility index (Phi) is 8.46. The van der Waals surface area contributed by atoms with Crippen molar-refractivity contribution in [2.45, 2.75) is 71.4 Å². The van der Waals surface area contributed by atoms with Crippen LogP contribution < -0.4 is 15.9 Å². The highest BCUT2D eigenvalue weighted by Crippen LogP contribution is 2.28. The molecule has 1 aliphatic rings. The molecule has 4 N–H and O–H groups in total. The summed E-state index contributed by atoms with van der Waals surface area (Å²) >= 11 is 0. The molecule has 0 atom stereocenters. The van der Waals surface area contributed by atoms with E-state index in [0.29, 0.717) is 19.3 Å². The topological polar surface area (TPSA) is 106 Å². The van der Waals surface area contributed by atoms with E-state index in [9.17, 15) is 0 Å². The molecule has 2 aromatic heterocycles. The van der Waals surface area contributed by atoms with Gasteiger partial charge in [0.1, 0.15) is 11.4 Å². The average molecular weight is 426 g/mol. The van der Waals surface area contributed by atoms with Gasteiger partial charge in [0.05, 0.1) is 29.9 Å². The highest BCUT2D eigenvalue weighted by atomic mass is 16.5. The smallest absolute Gasteiger partial charge is 0.140 e.